The normalized spacial score (nSPS) is 15.0. The summed E-state index contributed by atoms with van der Waals surface area (Å²) in [6.45, 7) is 2.15. The first-order valence-corrected chi connectivity index (χ1v) is 13.2. The molecule has 0 spiro atoms. The van der Waals surface area contributed by atoms with Gasteiger partial charge in [0.05, 0.1) is 37.7 Å². The van der Waals surface area contributed by atoms with Crippen molar-refractivity contribution in [2.45, 2.75) is 38.1 Å². The minimum atomic E-state index is -0.109. The molecule has 1 aliphatic carbocycles. The Kier molecular flexibility index (Phi) is 8.05. The zero-order valence-corrected chi connectivity index (χ0v) is 22.1. The van der Waals surface area contributed by atoms with Crippen molar-refractivity contribution in [2.75, 3.05) is 39.6 Å². The Morgan fingerprint density at radius 1 is 0.947 bits per heavy atom. The van der Waals surface area contributed by atoms with Gasteiger partial charge in [-0.25, -0.2) is 4.98 Å². The van der Waals surface area contributed by atoms with Crippen LogP contribution >= 0.6 is 0 Å². The van der Waals surface area contributed by atoms with Crippen LogP contribution in [0.15, 0.2) is 42.9 Å². The lowest BCUT2D eigenvalue weighted by atomic mass is 9.89. The number of ether oxygens (including phenoxy) is 3. The van der Waals surface area contributed by atoms with Crippen molar-refractivity contribution in [3.63, 3.8) is 0 Å². The molecule has 0 saturated heterocycles. The highest BCUT2D eigenvalue weighted by Gasteiger charge is 2.15. The van der Waals surface area contributed by atoms with Crippen LogP contribution in [0.3, 0.4) is 0 Å². The molecular formula is C29H36N6O3. The Morgan fingerprint density at radius 3 is 2.53 bits per heavy atom. The average molecular weight is 517 g/mol. The number of nitrogens with two attached hydrogens (primary N) is 2. The molecule has 3 heterocycles. The van der Waals surface area contributed by atoms with E-state index in [1.165, 1.54) is 32.1 Å². The smallest absolute Gasteiger partial charge is 0.162 e. The summed E-state index contributed by atoms with van der Waals surface area (Å²) in [5.41, 5.74) is 14.9. The summed E-state index contributed by atoms with van der Waals surface area (Å²) in [6, 6.07) is 7.56. The summed E-state index contributed by atoms with van der Waals surface area (Å²) in [7, 11) is 3.22. The van der Waals surface area contributed by atoms with Crippen molar-refractivity contribution in [1.29, 1.82) is 0 Å². The number of hydrogen-bond acceptors (Lipinski definition) is 9. The van der Waals surface area contributed by atoms with Crippen LogP contribution in [-0.2, 0) is 0 Å². The van der Waals surface area contributed by atoms with Crippen molar-refractivity contribution < 1.29 is 14.2 Å². The summed E-state index contributed by atoms with van der Waals surface area (Å²) >= 11 is 0. The van der Waals surface area contributed by atoms with Crippen molar-refractivity contribution in [3.05, 3.63) is 42.9 Å². The van der Waals surface area contributed by atoms with E-state index in [2.05, 4.69) is 20.3 Å². The number of anilines is 1. The average Bonchev–Trinajstić information content (AvgIpc) is 2.95. The summed E-state index contributed by atoms with van der Waals surface area (Å²) < 4.78 is 16.9. The molecule has 9 heteroatoms. The van der Waals surface area contributed by atoms with Crippen LogP contribution in [0.4, 0.5) is 5.82 Å². The predicted molar refractivity (Wildman–Crippen MR) is 151 cm³/mol. The first kappa shape index (κ1) is 25.9. The molecule has 1 fully saturated rings. The van der Waals surface area contributed by atoms with Crippen LogP contribution in [-0.4, -0.2) is 54.9 Å². The first-order valence-electron chi connectivity index (χ1n) is 13.2. The van der Waals surface area contributed by atoms with Crippen molar-refractivity contribution in [3.8, 4) is 28.5 Å². The molecular weight excluding hydrogens is 480 g/mol. The molecule has 0 aliphatic heterocycles. The highest BCUT2D eigenvalue weighted by atomic mass is 16.5. The fraction of sp³-hybridized carbons (Fsp3) is 0.414. The fourth-order valence-electron chi connectivity index (χ4n) is 5.17. The largest absolute Gasteiger partial charge is 0.493 e. The second-order valence-corrected chi connectivity index (χ2v) is 9.98. The maximum atomic E-state index is 6.37. The molecule has 1 aliphatic rings. The molecule has 3 aromatic heterocycles. The summed E-state index contributed by atoms with van der Waals surface area (Å²) in [5, 5.41) is 6.08. The second kappa shape index (κ2) is 11.8. The molecule has 200 valence electrons. The van der Waals surface area contributed by atoms with Gasteiger partial charge in [0.25, 0.3) is 0 Å². The van der Waals surface area contributed by atoms with Crippen molar-refractivity contribution in [2.24, 2.45) is 11.7 Å². The number of nitrogens with one attached hydrogen (secondary N) is 1. The third kappa shape index (κ3) is 5.74. The summed E-state index contributed by atoms with van der Waals surface area (Å²) in [4.78, 5) is 13.6. The van der Waals surface area contributed by atoms with E-state index in [0.717, 1.165) is 46.2 Å². The monoisotopic (exact) mass is 516 g/mol. The van der Waals surface area contributed by atoms with Gasteiger partial charge in [-0.2, -0.15) is 0 Å². The lowest BCUT2D eigenvalue weighted by Crippen LogP contribution is -2.40. The molecule has 1 atom stereocenters. The summed E-state index contributed by atoms with van der Waals surface area (Å²) in [5.74, 6) is 3.03. The SMILES string of the molecule is COc1cc2ncc3c(N)nc(-c4cncc(OC[C@@H](N)CNCC5CCCCC5)c4)cc3c2cc1OC. The maximum absolute atomic E-state index is 6.37. The van der Waals surface area contributed by atoms with Gasteiger partial charge >= 0.3 is 0 Å². The standard InChI is InChI=1S/C29H36N6O3/c1-36-27-10-23-22-9-25(35-29(31)24(22)16-34-26(23)11-28(27)37-2)19-8-21(15-33-13-19)38-17-20(30)14-32-12-18-6-4-3-5-7-18/h8-11,13,15-16,18,20,32H,3-7,12,14,17,30H2,1-2H3,(H2,31,35)/t20-/m0/s1. The molecule has 38 heavy (non-hydrogen) atoms. The highest BCUT2D eigenvalue weighted by Crippen LogP contribution is 2.37. The first-order chi connectivity index (χ1) is 18.6. The summed E-state index contributed by atoms with van der Waals surface area (Å²) in [6.07, 6.45) is 11.9. The van der Waals surface area contributed by atoms with Gasteiger partial charge < -0.3 is 31.0 Å². The Labute approximate surface area is 222 Å². The van der Waals surface area contributed by atoms with Gasteiger partial charge in [0.15, 0.2) is 11.5 Å². The lowest BCUT2D eigenvalue weighted by Gasteiger charge is -2.22. The Morgan fingerprint density at radius 2 is 1.74 bits per heavy atom. The Hall–Kier alpha value is -3.69. The molecule has 4 aromatic rings. The van der Waals surface area contributed by atoms with Gasteiger partial charge in [-0.05, 0) is 48.9 Å². The van der Waals surface area contributed by atoms with Gasteiger partial charge in [0.2, 0.25) is 0 Å². The van der Waals surface area contributed by atoms with Crippen molar-refractivity contribution in [1.82, 2.24) is 20.3 Å². The highest BCUT2D eigenvalue weighted by molar-refractivity contribution is 6.10. The number of methoxy groups -OCH3 is 2. The third-order valence-corrected chi connectivity index (χ3v) is 7.25. The number of pyridine rings is 3. The molecule has 0 amide bonds. The fourth-order valence-corrected chi connectivity index (χ4v) is 5.17. The van der Waals surface area contributed by atoms with Crippen LogP contribution in [0.25, 0.3) is 32.9 Å². The number of hydrogen-bond donors (Lipinski definition) is 3. The van der Waals surface area contributed by atoms with Gasteiger partial charge in [-0.15, -0.1) is 0 Å². The molecule has 0 bridgehead atoms. The number of fused-ring (bicyclic) bond motifs is 3. The Balaban J connectivity index is 1.33. The van der Waals surface area contributed by atoms with Gasteiger partial charge in [0, 0.05) is 41.3 Å². The van der Waals surface area contributed by atoms with Gasteiger partial charge in [-0.3, -0.25) is 9.97 Å². The number of nitrogens with zero attached hydrogens (tertiary/aromatic N) is 3. The number of aromatic nitrogens is 3. The second-order valence-electron chi connectivity index (χ2n) is 9.98. The zero-order chi connectivity index (χ0) is 26.5. The quantitative estimate of drug-likeness (QED) is 0.264. The molecule has 5 N–H and O–H groups in total. The molecule has 1 saturated carbocycles. The third-order valence-electron chi connectivity index (χ3n) is 7.25. The molecule has 9 nitrogen and oxygen atoms in total. The number of nitrogen functional groups attached to an aromatic ring is 1. The van der Waals surface area contributed by atoms with E-state index in [1.54, 1.807) is 32.8 Å². The molecule has 0 unspecified atom stereocenters. The van der Waals surface area contributed by atoms with Crippen LogP contribution in [0.2, 0.25) is 0 Å². The van der Waals surface area contributed by atoms with Crippen LogP contribution in [0.1, 0.15) is 32.1 Å². The van der Waals surface area contributed by atoms with Gasteiger partial charge in [0.1, 0.15) is 18.2 Å². The molecule has 0 radical (unpaired) electrons. The zero-order valence-electron chi connectivity index (χ0n) is 22.1. The molecule has 5 rings (SSSR count). The van der Waals surface area contributed by atoms with Crippen LogP contribution < -0.4 is 31.0 Å². The van der Waals surface area contributed by atoms with E-state index in [9.17, 15) is 0 Å². The van der Waals surface area contributed by atoms with Crippen LogP contribution in [0.5, 0.6) is 17.2 Å². The van der Waals surface area contributed by atoms with Gasteiger partial charge in [-0.1, -0.05) is 19.3 Å². The minimum Gasteiger partial charge on any atom is -0.493 e. The van der Waals surface area contributed by atoms with Crippen molar-refractivity contribution >= 4 is 27.5 Å². The lowest BCUT2D eigenvalue weighted by molar-refractivity contribution is 0.276. The van der Waals surface area contributed by atoms with Crippen LogP contribution in [0, 0.1) is 5.92 Å². The topological polar surface area (TPSA) is 130 Å². The van der Waals surface area contributed by atoms with E-state index in [0.29, 0.717) is 35.4 Å². The van der Waals surface area contributed by atoms with E-state index in [1.807, 2.05) is 24.3 Å². The van der Waals surface area contributed by atoms with E-state index < -0.39 is 0 Å². The predicted octanol–water partition coefficient (Wildman–Crippen LogP) is 4.32. The number of rotatable bonds is 10. The van der Waals surface area contributed by atoms with E-state index in [4.69, 9.17) is 25.7 Å². The number of benzene rings is 1. The van der Waals surface area contributed by atoms with E-state index in [-0.39, 0.29) is 6.04 Å². The maximum Gasteiger partial charge on any atom is 0.162 e. The molecule has 1 aromatic carbocycles. The Bertz CT molecular complexity index is 1410. The van der Waals surface area contributed by atoms with E-state index >= 15 is 0 Å². The minimum absolute atomic E-state index is 0.109.